The standard InChI is InChI=1S/C25H40FN5O3S/c26-23-8-10-24(11-9-23)29-19-17-28(18-20-29)13-6-12-27-25(32)22-7-5-16-31(21-22)35(33,34)30-14-3-1-2-4-15-30/h8-11,22H,1-7,12-21H2,(H,27,32)/t22-/m0/s1. The van der Waals surface area contributed by atoms with Gasteiger partial charge in [0, 0.05) is 64.6 Å². The Balaban J connectivity index is 1.15. The normalized spacial score (nSPS) is 23.7. The van der Waals surface area contributed by atoms with E-state index < -0.39 is 10.2 Å². The lowest BCUT2D eigenvalue weighted by atomic mass is 9.99. The molecule has 3 fully saturated rings. The molecule has 10 heteroatoms. The van der Waals surface area contributed by atoms with Gasteiger partial charge < -0.3 is 10.2 Å². The van der Waals surface area contributed by atoms with Crippen LogP contribution < -0.4 is 10.2 Å². The van der Waals surface area contributed by atoms with E-state index in [0.29, 0.717) is 26.2 Å². The summed E-state index contributed by atoms with van der Waals surface area (Å²) in [6.07, 6.45) is 6.33. The Bertz CT molecular complexity index is 914. The number of hydrogen-bond acceptors (Lipinski definition) is 5. The van der Waals surface area contributed by atoms with E-state index in [9.17, 15) is 17.6 Å². The maximum absolute atomic E-state index is 13.1. The molecule has 8 nitrogen and oxygen atoms in total. The van der Waals surface area contributed by atoms with Gasteiger partial charge in [0.2, 0.25) is 5.91 Å². The van der Waals surface area contributed by atoms with Crippen molar-refractivity contribution in [3.8, 4) is 0 Å². The Kier molecular flexibility index (Phi) is 9.38. The minimum Gasteiger partial charge on any atom is -0.369 e. The monoisotopic (exact) mass is 509 g/mol. The molecule has 3 aliphatic rings. The molecule has 3 saturated heterocycles. The maximum atomic E-state index is 13.1. The topological polar surface area (TPSA) is 76.2 Å². The van der Waals surface area contributed by atoms with Crippen LogP contribution >= 0.6 is 0 Å². The molecule has 35 heavy (non-hydrogen) atoms. The minimum absolute atomic E-state index is 0.0260. The van der Waals surface area contributed by atoms with Crippen molar-refractivity contribution in [2.24, 2.45) is 5.92 Å². The number of carbonyl (C=O) groups is 1. The Morgan fingerprint density at radius 3 is 2.23 bits per heavy atom. The fourth-order valence-corrected chi connectivity index (χ4v) is 7.12. The van der Waals surface area contributed by atoms with Gasteiger partial charge in [0.25, 0.3) is 10.2 Å². The van der Waals surface area contributed by atoms with Crippen LogP contribution in [0.3, 0.4) is 0 Å². The number of carbonyl (C=O) groups excluding carboxylic acids is 1. The first-order valence-electron chi connectivity index (χ1n) is 13.2. The second-order valence-electron chi connectivity index (χ2n) is 9.97. The number of benzene rings is 1. The Morgan fingerprint density at radius 2 is 1.54 bits per heavy atom. The fraction of sp³-hybridized carbons (Fsp3) is 0.720. The van der Waals surface area contributed by atoms with E-state index in [0.717, 1.165) is 83.4 Å². The zero-order valence-corrected chi connectivity index (χ0v) is 21.5. The summed E-state index contributed by atoms with van der Waals surface area (Å²) in [7, 11) is -3.48. The first-order valence-corrected chi connectivity index (χ1v) is 14.6. The van der Waals surface area contributed by atoms with E-state index in [2.05, 4.69) is 15.1 Å². The largest absolute Gasteiger partial charge is 0.369 e. The highest BCUT2D eigenvalue weighted by Crippen LogP contribution is 2.23. The molecular formula is C25H40FN5O3S. The van der Waals surface area contributed by atoms with Crippen LogP contribution in [0.5, 0.6) is 0 Å². The first-order chi connectivity index (χ1) is 16.9. The molecule has 0 aromatic heterocycles. The van der Waals surface area contributed by atoms with Crippen LogP contribution in [0.2, 0.25) is 0 Å². The summed E-state index contributed by atoms with van der Waals surface area (Å²) in [6.45, 7) is 7.19. The van der Waals surface area contributed by atoms with Crippen molar-refractivity contribution >= 4 is 21.8 Å². The molecule has 196 valence electrons. The number of piperidine rings is 1. The number of halogens is 1. The molecule has 0 spiro atoms. The maximum Gasteiger partial charge on any atom is 0.281 e. The van der Waals surface area contributed by atoms with E-state index in [1.54, 1.807) is 4.31 Å². The molecule has 1 aromatic rings. The summed E-state index contributed by atoms with van der Waals surface area (Å²) in [5.41, 5.74) is 1.05. The van der Waals surface area contributed by atoms with Gasteiger partial charge in [-0.1, -0.05) is 12.8 Å². The van der Waals surface area contributed by atoms with Crippen LogP contribution in [0, 0.1) is 11.7 Å². The van der Waals surface area contributed by atoms with Gasteiger partial charge in [-0.05, 0) is 62.9 Å². The van der Waals surface area contributed by atoms with Crippen molar-refractivity contribution < 1.29 is 17.6 Å². The van der Waals surface area contributed by atoms with Gasteiger partial charge in [-0.15, -0.1) is 0 Å². The van der Waals surface area contributed by atoms with Crippen LogP contribution in [-0.2, 0) is 15.0 Å². The third kappa shape index (κ3) is 7.15. The predicted octanol–water partition coefficient (Wildman–Crippen LogP) is 2.29. The Morgan fingerprint density at radius 1 is 0.886 bits per heavy atom. The van der Waals surface area contributed by atoms with Gasteiger partial charge >= 0.3 is 0 Å². The Labute approximate surface area is 209 Å². The van der Waals surface area contributed by atoms with Crippen molar-refractivity contribution in [2.75, 3.05) is 70.3 Å². The highest BCUT2D eigenvalue weighted by atomic mass is 32.2. The molecule has 0 radical (unpaired) electrons. The molecule has 0 bridgehead atoms. The summed E-state index contributed by atoms with van der Waals surface area (Å²) in [4.78, 5) is 17.4. The zero-order valence-electron chi connectivity index (χ0n) is 20.7. The second-order valence-corrected chi connectivity index (χ2v) is 11.9. The molecular weight excluding hydrogens is 469 g/mol. The van der Waals surface area contributed by atoms with Crippen LogP contribution in [-0.4, -0.2) is 93.3 Å². The van der Waals surface area contributed by atoms with Crippen LogP contribution in [0.4, 0.5) is 10.1 Å². The molecule has 4 rings (SSSR count). The first kappa shape index (κ1) is 26.3. The summed E-state index contributed by atoms with van der Waals surface area (Å²) in [6, 6.07) is 6.65. The molecule has 1 atom stereocenters. The number of piperazine rings is 1. The van der Waals surface area contributed by atoms with Gasteiger partial charge in [0.15, 0.2) is 0 Å². The van der Waals surface area contributed by atoms with Crippen molar-refractivity contribution in [2.45, 2.75) is 44.9 Å². The lowest BCUT2D eigenvalue weighted by Crippen LogP contribution is -2.51. The molecule has 3 heterocycles. The SMILES string of the molecule is O=C(NCCCN1CCN(c2ccc(F)cc2)CC1)[C@H]1CCCN(S(=O)(=O)N2CCCCCC2)C1. The quantitative estimate of drug-likeness (QED) is 0.545. The summed E-state index contributed by atoms with van der Waals surface area (Å²) in [5.74, 6) is -0.513. The van der Waals surface area contributed by atoms with Crippen LogP contribution in [0.25, 0.3) is 0 Å². The summed E-state index contributed by atoms with van der Waals surface area (Å²) < 4.78 is 42.5. The molecule has 1 amide bonds. The number of nitrogens with one attached hydrogen (secondary N) is 1. The molecule has 0 unspecified atom stereocenters. The molecule has 1 aromatic carbocycles. The third-order valence-corrected chi connectivity index (χ3v) is 9.49. The molecule has 0 saturated carbocycles. The van der Waals surface area contributed by atoms with Crippen molar-refractivity contribution in [1.29, 1.82) is 0 Å². The summed E-state index contributed by atoms with van der Waals surface area (Å²) >= 11 is 0. The highest BCUT2D eigenvalue weighted by molar-refractivity contribution is 7.86. The lowest BCUT2D eigenvalue weighted by molar-refractivity contribution is -0.126. The second kappa shape index (κ2) is 12.5. The van der Waals surface area contributed by atoms with E-state index in [1.807, 2.05) is 12.1 Å². The number of amides is 1. The molecule has 1 N–H and O–H groups in total. The summed E-state index contributed by atoms with van der Waals surface area (Å²) in [5, 5.41) is 3.05. The van der Waals surface area contributed by atoms with Gasteiger partial charge in [0.1, 0.15) is 5.82 Å². The van der Waals surface area contributed by atoms with Crippen molar-refractivity contribution in [3.63, 3.8) is 0 Å². The van der Waals surface area contributed by atoms with Crippen molar-refractivity contribution in [1.82, 2.24) is 18.8 Å². The van der Waals surface area contributed by atoms with E-state index in [1.165, 1.54) is 16.4 Å². The van der Waals surface area contributed by atoms with E-state index in [-0.39, 0.29) is 24.2 Å². The van der Waals surface area contributed by atoms with Gasteiger partial charge in [0.05, 0.1) is 5.92 Å². The van der Waals surface area contributed by atoms with Crippen molar-refractivity contribution in [3.05, 3.63) is 30.1 Å². The zero-order chi connectivity index (χ0) is 24.7. The fourth-order valence-electron chi connectivity index (χ4n) is 5.34. The van der Waals surface area contributed by atoms with Crippen LogP contribution in [0.15, 0.2) is 24.3 Å². The number of anilines is 1. The highest BCUT2D eigenvalue weighted by Gasteiger charge is 2.35. The molecule has 0 aliphatic carbocycles. The molecule has 3 aliphatic heterocycles. The number of hydrogen-bond donors (Lipinski definition) is 1. The van der Waals surface area contributed by atoms with E-state index >= 15 is 0 Å². The van der Waals surface area contributed by atoms with Gasteiger partial charge in [-0.3, -0.25) is 9.69 Å². The average Bonchev–Trinajstić information content (AvgIpc) is 3.18. The van der Waals surface area contributed by atoms with E-state index in [4.69, 9.17) is 0 Å². The third-order valence-electron chi connectivity index (χ3n) is 7.49. The lowest BCUT2D eigenvalue weighted by Gasteiger charge is -2.36. The van der Waals surface area contributed by atoms with Gasteiger partial charge in [-0.25, -0.2) is 4.39 Å². The minimum atomic E-state index is -3.48. The number of rotatable bonds is 8. The smallest absolute Gasteiger partial charge is 0.281 e. The van der Waals surface area contributed by atoms with Crippen LogP contribution in [0.1, 0.15) is 44.9 Å². The average molecular weight is 510 g/mol. The number of nitrogens with zero attached hydrogens (tertiary/aromatic N) is 4. The van der Waals surface area contributed by atoms with Gasteiger partial charge in [-0.2, -0.15) is 17.0 Å². The Hall–Kier alpha value is -1.75. The predicted molar refractivity (Wildman–Crippen MR) is 136 cm³/mol.